The van der Waals surface area contributed by atoms with Crippen LogP contribution in [0.15, 0.2) is 18.2 Å². The molecule has 6 heteroatoms. The van der Waals surface area contributed by atoms with Gasteiger partial charge >= 0.3 is 0 Å². The minimum Gasteiger partial charge on any atom is -0.370 e. The summed E-state index contributed by atoms with van der Waals surface area (Å²) >= 11 is 5.85. The molecule has 1 aliphatic rings. The van der Waals surface area contributed by atoms with E-state index in [2.05, 4.69) is 23.6 Å². The lowest BCUT2D eigenvalue weighted by molar-refractivity contribution is -0.385. The standard InChI is InChI=1S/C15H22ClN3O2/c1-3-17(4-2)14-7-8-18(11-14)13-5-6-15(19(20)21)12(9-13)10-16/h5-6,9,14H,3-4,7-8,10-11H2,1-2H3. The number of likely N-dealkylation sites (N-methyl/N-ethyl adjacent to an activating group) is 1. The van der Waals surface area contributed by atoms with Crippen LogP contribution in [0.5, 0.6) is 0 Å². The topological polar surface area (TPSA) is 49.6 Å². The van der Waals surface area contributed by atoms with Gasteiger partial charge in [-0.25, -0.2) is 0 Å². The van der Waals surface area contributed by atoms with Gasteiger partial charge in [0.15, 0.2) is 0 Å². The van der Waals surface area contributed by atoms with Crippen LogP contribution in [0.3, 0.4) is 0 Å². The van der Waals surface area contributed by atoms with E-state index in [-0.39, 0.29) is 16.5 Å². The number of anilines is 1. The van der Waals surface area contributed by atoms with E-state index in [9.17, 15) is 10.1 Å². The molecule has 21 heavy (non-hydrogen) atoms. The van der Waals surface area contributed by atoms with Gasteiger partial charge in [0.2, 0.25) is 0 Å². The minimum absolute atomic E-state index is 0.105. The molecule has 0 aromatic heterocycles. The molecule has 0 amide bonds. The second-order valence-electron chi connectivity index (χ2n) is 5.31. The second kappa shape index (κ2) is 7.09. The van der Waals surface area contributed by atoms with Crippen molar-refractivity contribution in [2.75, 3.05) is 31.1 Å². The molecule has 5 nitrogen and oxygen atoms in total. The fourth-order valence-corrected chi connectivity index (χ4v) is 3.28. The summed E-state index contributed by atoms with van der Waals surface area (Å²) in [6, 6.07) is 5.82. The fraction of sp³-hybridized carbons (Fsp3) is 0.600. The van der Waals surface area contributed by atoms with Gasteiger partial charge in [-0.05, 0) is 31.6 Å². The fourth-order valence-electron chi connectivity index (χ4n) is 3.07. The van der Waals surface area contributed by atoms with Gasteiger partial charge in [0.1, 0.15) is 0 Å². The Bertz CT molecular complexity index is 506. The van der Waals surface area contributed by atoms with Gasteiger partial charge in [0.05, 0.1) is 10.8 Å². The van der Waals surface area contributed by atoms with Crippen LogP contribution in [0.1, 0.15) is 25.8 Å². The Morgan fingerprint density at radius 3 is 2.71 bits per heavy atom. The third-order valence-corrected chi connectivity index (χ3v) is 4.55. The third kappa shape index (κ3) is 3.47. The summed E-state index contributed by atoms with van der Waals surface area (Å²) < 4.78 is 0. The summed E-state index contributed by atoms with van der Waals surface area (Å²) in [6.45, 7) is 8.44. The Labute approximate surface area is 130 Å². The molecule has 2 rings (SSSR count). The number of nitrogens with zero attached hydrogens (tertiary/aromatic N) is 3. The smallest absolute Gasteiger partial charge is 0.273 e. The van der Waals surface area contributed by atoms with Crippen molar-refractivity contribution in [3.8, 4) is 0 Å². The lowest BCUT2D eigenvalue weighted by Gasteiger charge is -2.26. The number of halogens is 1. The Balaban J connectivity index is 2.15. The Morgan fingerprint density at radius 2 is 2.14 bits per heavy atom. The van der Waals surface area contributed by atoms with Crippen molar-refractivity contribution >= 4 is 23.0 Å². The Kier molecular flexibility index (Phi) is 5.42. The first-order valence-electron chi connectivity index (χ1n) is 7.43. The van der Waals surface area contributed by atoms with E-state index in [4.69, 9.17) is 11.6 Å². The Hall–Kier alpha value is -1.33. The van der Waals surface area contributed by atoms with Crippen LogP contribution in [0.25, 0.3) is 0 Å². The maximum Gasteiger partial charge on any atom is 0.273 e. The van der Waals surface area contributed by atoms with Crippen molar-refractivity contribution in [3.63, 3.8) is 0 Å². The molecule has 1 aromatic carbocycles. The molecule has 0 aliphatic carbocycles. The molecule has 0 radical (unpaired) electrons. The number of hydrogen-bond acceptors (Lipinski definition) is 4. The van der Waals surface area contributed by atoms with Crippen molar-refractivity contribution in [3.05, 3.63) is 33.9 Å². The third-order valence-electron chi connectivity index (χ3n) is 4.26. The van der Waals surface area contributed by atoms with Crippen molar-refractivity contribution in [2.24, 2.45) is 0 Å². The average molecular weight is 312 g/mol. The van der Waals surface area contributed by atoms with E-state index < -0.39 is 0 Å². The molecule has 1 unspecified atom stereocenters. The molecule has 1 aliphatic heterocycles. The zero-order valence-electron chi connectivity index (χ0n) is 12.6. The maximum atomic E-state index is 11.0. The first kappa shape index (κ1) is 16.0. The number of nitro benzene ring substituents is 1. The van der Waals surface area contributed by atoms with E-state index in [1.807, 2.05) is 12.1 Å². The van der Waals surface area contributed by atoms with Crippen LogP contribution in [0.4, 0.5) is 11.4 Å². The van der Waals surface area contributed by atoms with Crippen LogP contribution in [-0.4, -0.2) is 42.0 Å². The zero-order valence-corrected chi connectivity index (χ0v) is 13.3. The van der Waals surface area contributed by atoms with Gasteiger partial charge in [-0.2, -0.15) is 0 Å². The molecule has 0 spiro atoms. The highest BCUT2D eigenvalue weighted by atomic mass is 35.5. The van der Waals surface area contributed by atoms with E-state index in [0.29, 0.717) is 11.6 Å². The highest BCUT2D eigenvalue weighted by Crippen LogP contribution is 2.29. The molecule has 1 aromatic rings. The number of nitro groups is 1. The van der Waals surface area contributed by atoms with E-state index in [1.165, 1.54) is 0 Å². The number of hydrogen-bond donors (Lipinski definition) is 0. The average Bonchev–Trinajstić information content (AvgIpc) is 2.97. The molecule has 116 valence electrons. The maximum absolute atomic E-state index is 11.0. The molecule has 0 N–H and O–H groups in total. The van der Waals surface area contributed by atoms with Crippen molar-refractivity contribution in [2.45, 2.75) is 32.2 Å². The highest BCUT2D eigenvalue weighted by Gasteiger charge is 2.27. The number of alkyl halides is 1. The van der Waals surface area contributed by atoms with E-state index >= 15 is 0 Å². The lowest BCUT2D eigenvalue weighted by Crippen LogP contribution is -2.37. The van der Waals surface area contributed by atoms with Crippen molar-refractivity contribution in [1.82, 2.24) is 4.90 Å². The zero-order chi connectivity index (χ0) is 15.4. The second-order valence-corrected chi connectivity index (χ2v) is 5.58. The summed E-state index contributed by atoms with van der Waals surface area (Å²) in [6.07, 6.45) is 1.13. The van der Waals surface area contributed by atoms with Crippen LogP contribution >= 0.6 is 11.6 Å². The molecule has 0 bridgehead atoms. The quantitative estimate of drug-likeness (QED) is 0.460. The lowest BCUT2D eigenvalue weighted by atomic mass is 10.1. The van der Waals surface area contributed by atoms with Gasteiger partial charge in [-0.1, -0.05) is 13.8 Å². The largest absolute Gasteiger partial charge is 0.370 e. The van der Waals surface area contributed by atoms with Crippen LogP contribution in [0.2, 0.25) is 0 Å². The van der Waals surface area contributed by atoms with Crippen LogP contribution in [0, 0.1) is 10.1 Å². The highest BCUT2D eigenvalue weighted by molar-refractivity contribution is 6.17. The Morgan fingerprint density at radius 1 is 1.43 bits per heavy atom. The summed E-state index contributed by atoms with van der Waals surface area (Å²) in [5.74, 6) is 0.164. The van der Waals surface area contributed by atoms with Gasteiger partial charge in [-0.3, -0.25) is 15.0 Å². The van der Waals surface area contributed by atoms with E-state index in [1.54, 1.807) is 6.07 Å². The first-order valence-corrected chi connectivity index (χ1v) is 7.96. The molecule has 1 saturated heterocycles. The molecule has 1 atom stereocenters. The van der Waals surface area contributed by atoms with Gasteiger partial charge in [-0.15, -0.1) is 11.6 Å². The van der Waals surface area contributed by atoms with Gasteiger partial charge < -0.3 is 4.90 Å². The molecule has 1 fully saturated rings. The summed E-state index contributed by atoms with van der Waals surface area (Å²) in [7, 11) is 0. The SMILES string of the molecule is CCN(CC)C1CCN(c2ccc([N+](=O)[O-])c(CCl)c2)C1. The predicted octanol–water partition coefficient (Wildman–Crippen LogP) is 3.25. The summed E-state index contributed by atoms with van der Waals surface area (Å²) in [5, 5.41) is 11.0. The summed E-state index contributed by atoms with van der Waals surface area (Å²) in [4.78, 5) is 15.3. The predicted molar refractivity (Wildman–Crippen MR) is 86.2 cm³/mol. The van der Waals surface area contributed by atoms with E-state index in [0.717, 1.165) is 38.3 Å². The number of rotatable bonds is 6. The normalized spacial score (nSPS) is 18.5. The van der Waals surface area contributed by atoms with Crippen molar-refractivity contribution in [1.29, 1.82) is 0 Å². The minimum atomic E-state index is -0.371. The summed E-state index contributed by atoms with van der Waals surface area (Å²) in [5.41, 5.74) is 1.73. The van der Waals surface area contributed by atoms with Gasteiger partial charge in [0.25, 0.3) is 5.69 Å². The molecular formula is C15H22ClN3O2. The van der Waals surface area contributed by atoms with Gasteiger partial charge in [0, 0.05) is 36.4 Å². The number of benzene rings is 1. The first-order chi connectivity index (χ1) is 10.1. The molecule has 1 heterocycles. The van der Waals surface area contributed by atoms with Crippen LogP contribution in [-0.2, 0) is 5.88 Å². The van der Waals surface area contributed by atoms with Crippen molar-refractivity contribution < 1.29 is 4.92 Å². The molecular weight excluding hydrogens is 290 g/mol. The van der Waals surface area contributed by atoms with Crippen LogP contribution < -0.4 is 4.90 Å². The monoisotopic (exact) mass is 311 g/mol. The molecule has 0 saturated carbocycles.